The minimum atomic E-state index is -3.65. The first-order chi connectivity index (χ1) is 10.3. The van der Waals surface area contributed by atoms with Crippen LogP contribution >= 0.6 is 0 Å². The van der Waals surface area contributed by atoms with E-state index in [0.29, 0.717) is 5.56 Å². The molecule has 0 heterocycles. The van der Waals surface area contributed by atoms with Crippen molar-refractivity contribution < 1.29 is 8.42 Å². The normalized spacial score (nSPS) is 11.8. The summed E-state index contributed by atoms with van der Waals surface area (Å²) in [6.07, 6.45) is 1.53. The minimum Gasteiger partial charge on any atom is -0.200 e. The Bertz CT molecular complexity index is 825. The fourth-order valence-electron chi connectivity index (χ4n) is 2.18. The van der Waals surface area contributed by atoms with Crippen molar-refractivity contribution in [2.75, 3.05) is 0 Å². The fourth-order valence-corrected chi connectivity index (χ4v) is 3.30. The van der Waals surface area contributed by atoms with Gasteiger partial charge in [-0.15, -0.1) is 0 Å². The third-order valence-corrected chi connectivity index (χ3v) is 4.80. The predicted molar refractivity (Wildman–Crippen MR) is 89.7 cm³/mol. The van der Waals surface area contributed by atoms with Crippen molar-refractivity contribution in [2.24, 2.45) is 5.10 Å². The van der Waals surface area contributed by atoms with Gasteiger partial charge in [0.2, 0.25) is 0 Å². The molecule has 0 aromatic heterocycles. The molecule has 5 heteroatoms. The van der Waals surface area contributed by atoms with E-state index >= 15 is 0 Å². The zero-order chi connectivity index (χ0) is 16.3. The molecule has 0 saturated carbocycles. The highest BCUT2D eigenvalue weighted by Gasteiger charge is 2.15. The number of benzene rings is 2. The highest BCUT2D eigenvalue weighted by atomic mass is 32.2. The first-order valence-corrected chi connectivity index (χ1v) is 8.47. The van der Waals surface area contributed by atoms with Gasteiger partial charge in [0.25, 0.3) is 10.0 Å². The van der Waals surface area contributed by atoms with Gasteiger partial charge in [0.1, 0.15) is 0 Å². The van der Waals surface area contributed by atoms with E-state index in [0.717, 1.165) is 22.3 Å². The highest BCUT2D eigenvalue weighted by Crippen LogP contribution is 2.16. The van der Waals surface area contributed by atoms with Crippen molar-refractivity contribution in [1.82, 2.24) is 4.83 Å². The van der Waals surface area contributed by atoms with Crippen molar-refractivity contribution in [3.63, 3.8) is 0 Å². The lowest BCUT2D eigenvalue weighted by molar-refractivity contribution is 0.584. The molecule has 0 atom stereocenters. The third kappa shape index (κ3) is 3.74. The van der Waals surface area contributed by atoms with Crippen LogP contribution in [0.4, 0.5) is 0 Å². The van der Waals surface area contributed by atoms with Gasteiger partial charge in [0, 0.05) is 0 Å². The number of sulfonamides is 1. The van der Waals surface area contributed by atoms with Crippen molar-refractivity contribution in [3.05, 3.63) is 64.2 Å². The average molecular weight is 316 g/mol. The molecule has 2 rings (SSSR count). The second-order valence-electron chi connectivity index (χ2n) is 5.48. The Morgan fingerprint density at radius 3 is 2.23 bits per heavy atom. The summed E-state index contributed by atoms with van der Waals surface area (Å²) in [4.78, 5) is 2.53. The Balaban J connectivity index is 2.22. The average Bonchev–Trinajstić information content (AvgIpc) is 2.44. The topological polar surface area (TPSA) is 58.5 Å². The maximum Gasteiger partial charge on any atom is 0.276 e. The second kappa shape index (κ2) is 6.32. The van der Waals surface area contributed by atoms with Crippen LogP contribution in [0.15, 0.2) is 46.4 Å². The number of hydrogen-bond acceptors (Lipinski definition) is 3. The monoisotopic (exact) mass is 316 g/mol. The smallest absolute Gasteiger partial charge is 0.200 e. The van der Waals surface area contributed by atoms with Crippen LogP contribution in [0.25, 0.3) is 0 Å². The Kier molecular flexibility index (Phi) is 4.66. The van der Waals surface area contributed by atoms with Gasteiger partial charge >= 0.3 is 0 Å². The van der Waals surface area contributed by atoms with Crippen molar-refractivity contribution >= 4 is 16.2 Å². The van der Waals surface area contributed by atoms with Crippen LogP contribution in [0.3, 0.4) is 0 Å². The summed E-state index contributed by atoms with van der Waals surface area (Å²) in [5.41, 5.74) is 4.68. The van der Waals surface area contributed by atoms with E-state index < -0.39 is 10.0 Å². The van der Waals surface area contributed by atoms with E-state index in [1.54, 1.807) is 19.1 Å². The molecule has 0 aliphatic heterocycles. The van der Waals surface area contributed by atoms with Gasteiger partial charge in [-0.1, -0.05) is 35.9 Å². The van der Waals surface area contributed by atoms with Crippen LogP contribution in [0.1, 0.15) is 27.8 Å². The predicted octanol–water partition coefficient (Wildman–Crippen LogP) is 3.23. The van der Waals surface area contributed by atoms with Gasteiger partial charge < -0.3 is 0 Å². The number of hydrogen-bond donors (Lipinski definition) is 1. The van der Waals surface area contributed by atoms with Crippen molar-refractivity contribution in [2.45, 2.75) is 32.6 Å². The van der Waals surface area contributed by atoms with Crippen LogP contribution in [-0.4, -0.2) is 14.6 Å². The molecule has 0 radical (unpaired) electrons. The summed E-state index contributed by atoms with van der Waals surface area (Å²) in [6, 6.07) is 11.2. The van der Waals surface area contributed by atoms with Gasteiger partial charge in [-0.3, -0.25) is 0 Å². The van der Waals surface area contributed by atoms with Crippen LogP contribution < -0.4 is 4.83 Å². The van der Waals surface area contributed by atoms with Gasteiger partial charge in [-0.2, -0.15) is 13.5 Å². The Morgan fingerprint density at radius 1 is 0.909 bits per heavy atom. The zero-order valence-corrected chi connectivity index (χ0v) is 14.0. The van der Waals surface area contributed by atoms with Gasteiger partial charge in [0.05, 0.1) is 11.1 Å². The lowest BCUT2D eigenvalue weighted by Gasteiger charge is -2.08. The van der Waals surface area contributed by atoms with E-state index in [1.165, 1.54) is 6.21 Å². The highest BCUT2D eigenvalue weighted by molar-refractivity contribution is 7.89. The van der Waals surface area contributed by atoms with Gasteiger partial charge in [-0.05, 0) is 56.0 Å². The molecule has 22 heavy (non-hydrogen) atoms. The van der Waals surface area contributed by atoms with Crippen LogP contribution in [-0.2, 0) is 10.0 Å². The largest absolute Gasteiger partial charge is 0.276 e. The number of nitrogens with one attached hydrogen (secondary N) is 1. The molecule has 0 spiro atoms. The van der Waals surface area contributed by atoms with E-state index in [-0.39, 0.29) is 4.90 Å². The minimum absolute atomic E-state index is 0.255. The number of aryl methyl sites for hydroxylation is 4. The van der Waals surface area contributed by atoms with E-state index in [2.05, 4.69) is 9.93 Å². The molecule has 0 unspecified atom stereocenters. The molecular formula is C17H20N2O2S. The van der Waals surface area contributed by atoms with Gasteiger partial charge in [0.15, 0.2) is 0 Å². The van der Waals surface area contributed by atoms with Crippen LogP contribution in [0, 0.1) is 27.7 Å². The Morgan fingerprint density at radius 2 is 1.55 bits per heavy atom. The first kappa shape index (κ1) is 16.2. The lowest BCUT2D eigenvalue weighted by Crippen LogP contribution is -2.19. The lowest BCUT2D eigenvalue weighted by atomic mass is 10.1. The Hall–Kier alpha value is -2.14. The van der Waals surface area contributed by atoms with E-state index in [4.69, 9.17) is 0 Å². The van der Waals surface area contributed by atoms with Crippen LogP contribution in [0.2, 0.25) is 0 Å². The molecule has 0 amide bonds. The number of hydrazone groups is 1. The standard InChI is InChI=1S/C17H20N2O2S/c1-12-6-8-16(15(4)9-12)11-18-19-22(20,21)17-10-13(2)5-7-14(17)3/h5-11,19H,1-4H3/b18-11+. The quantitative estimate of drug-likeness (QED) is 0.695. The summed E-state index contributed by atoms with van der Waals surface area (Å²) in [7, 11) is -3.65. The fraction of sp³-hybridized carbons (Fsp3) is 0.235. The molecule has 4 nitrogen and oxygen atoms in total. The maximum atomic E-state index is 12.3. The molecule has 0 fully saturated rings. The van der Waals surface area contributed by atoms with Crippen LogP contribution in [0.5, 0.6) is 0 Å². The van der Waals surface area contributed by atoms with Crippen molar-refractivity contribution in [1.29, 1.82) is 0 Å². The molecule has 2 aromatic rings. The molecule has 0 saturated heterocycles. The molecule has 1 N–H and O–H groups in total. The van der Waals surface area contributed by atoms with Crippen molar-refractivity contribution in [3.8, 4) is 0 Å². The molecule has 0 aliphatic carbocycles. The molecule has 116 valence electrons. The summed E-state index contributed by atoms with van der Waals surface area (Å²) < 4.78 is 24.6. The summed E-state index contributed by atoms with van der Waals surface area (Å²) in [5, 5.41) is 3.89. The molecule has 2 aromatic carbocycles. The zero-order valence-electron chi connectivity index (χ0n) is 13.2. The molecular weight excluding hydrogens is 296 g/mol. The summed E-state index contributed by atoms with van der Waals surface area (Å²) >= 11 is 0. The number of rotatable bonds is 4. The second-order valence-corrected chi connectivity index (χ2v) is 7.11. The summed E-state index contributed by atoms with van der Waals surface area (Å²) in [5.74, 6) is 0. The summed E-state index contributed by atoms with van der Waals surface area (Å²) in [6.45, 7) is 7.60. The molecule has 0 aliphatic rings. The SMILES string of the molecule is Cc1ccc(/C=N/NS(=O)(=O)c2cc(C)ccc2C)c(C)c1. The third-order valence-electron chi connectivity index (χ3n) is 3.43. The first-order valence-electron chi connectivity index (χ1n) is 6.99. The van der Waals surface area contributed by atoms with Gasteiger partial charge in [-0.25, -0.2) is 4.83 Å². The van der Waals surface area contributed by atoms with E-state index in [9.17, 15) is 8.42 Å². The number of nitrogens with zero attached hydrogens (tertiary/aromatic N) is 1. The maximum absolute atomic E-state index is 12.3. The van der Waals surface area contributed by atoms with E-state index in [1.807, 2.05) is 45.0 Å². The Labute approximate surface area is 131 Å². The molecule has 0 bridgehead atoms.